The fourth-order valence-corrected chi connectivity index (χ4v) is 4.68. The van der Waals surface area contributed by atoms with Crippen molar-refractivity contribution in [2.75, 3.05) is 54.4 Å². The number of likely N-dealkylation sites (tertiary alicyclic amines) is 1. The Morgan fingerprint density at radius 3 is 2.30 bits per heavy atom. The molecular formula is C26H33N7. The summed E-state index contributed by atoms with van der Waals surface area (Å²) in [5.74, 6) is 2.85. The van der Waals surface area contributed by atoms with Crippen LogP contribution in [0.5, 0.6) is 0 Å². The zero-order chi connectivity index (χ0) is 22.5. The average Bonchev–Trinajstić information content (AvgIpc) is 2.88. The Bertz CT molecular complexity index is 1010. The van der Waals surface area contributed by atoms with Crippen LogP contribution in [-0.4, -0.2) is 65.2 Å². The van der Waals surface area contributed by atoms with E-state index in [1.165, 1.54) is 5.56 Å². The number of aromatic nitrogens is 3. The van der Waals surface area contributed by atoms with Crippen LogP contribution in [0, 0.1) is 6.92 Å². The van der Waals surface area contributed by atoms with Crippen molar-refractivity contribution in [2.24, 2.45) is 0 Å². The van der Waals surface area contributed by atoms with E-state index in [0.29, 0.717) is 6.04 Å². The van der Waals surface area contributed by atoms with Gasteiger partial charge in [0, 0.05) is 69.8 Å². The second-order valence-electron chi connectivity index (χ2n) is 9.04. The van der Waals surface area contributed by atoms with Crippen LogP contribution < -0.4 is 15.1 Å². The zero-order valence-electron chi connectivity index (χ0n) is 19.4. The molecule has 0 saturated carbocycles. The summed E-state index contributed by atoms with van der Waals surface area (Å²) >= 11 is 0. The van der Waals surface area contributed by atoms with Gasteiger partial charge in [-0.1, -0.05) is 36.4 Å². The number of anilines is 3. The summed E-state index contributed by atoms with van der Waals surface area (Å²) in [7, 11) is 0. The number of pyridine rings is 1. The molecule has 2 aliphatic heterocycles. The maximum absolute atomic E-state index is 4.93. The fourth-order valence-electron chi connectivity index (χ4n) is 4.68. The summed E-state index contributed by atoms with van der Waals surface area (Å²) in [6.07, 6.45) is 6.08. The van der Waals surface area contributed by atoms with Gasteiger partial charge in [-0.25, -0.2) is 9.97 Å². The molecular weight excluding hydrogens is 410 g/mol. The summed E-state index contributed by atoms with van der Waals surface area (Å²) in [6.45, 7) is 9.00. The molecule has 3 aromatic rings. The van der Waals surface area contributed by atoms with Crippen LogP contribution in [0.2, 0.25) is 0 Å². The molecule has 2 aromatic heterocycles. The molecule has 4 heterocycles. The predicted octanol–water partition coefficient (Wildman–Crippen LogP) is 3.58. The maximum atomic E-state index is 4.93. The molecule has 0 bridgehead atoms. The molecule has 33 heavy (non-hydrogen) atoms. The molecule has 0 radical (unpaired) electrons. The molecule has 2 aliphatic rings. The number of aryl methyl sites for hydroxylation is 1. The first-order chi connectivity index (χ1) is 16.2. The van der Waals surface area contributed by atoms with Crippen LogP contribution in [0.1, 0.15) is 24.0 Å². The Labute approximate surface area is 196 Å². The number of piperazine rings is 1. The van der Waals surface area contributed by atoms with Crippen molar-refractivity contribution in [1.82, 2.24) is 19.9 Å². The second-order valence-corrected chi connectivity index (χ2v) is 9.04. The molecule has 1 N–H and O–H groups in total. The predicted molar refractivity (Wildman–Crippen MR) is 134 cm³/mol. The summed E-state index contributed by atoms with van der Waals surface area (Å²) < 4.78 is 0. The Hall–Kier alpha value is -3.19. The van der Waals surface area contributed by atoms with Crippen LogP contribution >= 0.6 is 0 Å². The highest BCUT2D eigenvalue weighted by Crippen LogP contribution is 2.22. The van der Waals surface area contributed by atoms with Gasteiger partial charge >= 0.3 is 0 Å². The molecule has 172 valence electrons. The third-order valence-corrected chi connectivity index (χ3v) is 6.67. The van der Waals surface area contributed by atoms with Crippen LogP contribution in [0.3, 0.4) is 0 Å². The molecule has 0 unspecified atom stereocenters. The van der Waals surface area contributed by atoms with E-state index in [2.05, 4.69) is 73.3 Å². The highest BCUT2D eigenvalue weighted by Gasteiger charge is 2.23. The SMILES string of the molecule is Cc1cnc(N2CCN(c3ccccn3)CC2)nc1NC1CCN(Cc2ccccc2)CC1. The summed E-state index contributed by atoms with van der Waals surface area (Å²) in [4.78, 5) is 21.2. The van der Waals surface area contributed by atoms with Crippen molar-refractivity contribution in [1.29, 1.82) is 0 Å². The molecule has 0 amide bonds. The molecule has 7 heteroatoms. The minimum absolute atomic E-state index is 0.458. The first kappa shape index (κ1) is 21.6. The Kier molecular flexibility index (Phi) is 6.67. The van der Waals surface area contributed by atoms with E-state index in [4.69, 9.17) is 4.98 Å². The van der Waals surface area contributed by atoms with Crippen molar-refractivity contribution in [2.45, 2.75) is 32.4 Å². The van der Waals surface area contributed by atoms with Gasteiger partial charge in [0.05, 0.1) is 0 Å². The normalized spacial score (nSPS) is 17.8. The summed E-state index contributed by atoms with van der Waals surface area (Å²) in [5.41, 5.74) is 2.50. The van der Waals surface area contributed by atoms with Crippen molar-refractivity contribution in [3.05, 3.63) is 72.1 Å². The maximum Gasteiger partial charge on any atom is 0.227 e. The first-order valence-electron chi connectivity index (χ1n) is 12.0. The first-order valence-corrected chi connectivity index (χ1v) is 12.0. The third kappa shape index (κ3) is 5.42. The Balaban J connectivity index is 1.15. The molecule has 5 rings (SSSR count). The fraction of sp³-hybridized carbons (Fsp3) is 0.423. The number of hydrogen-bond acceptors (Lipinski definition) is 7. The topological polar surface area (TPSA) is 60.4 Å². The summed E-state index contributed by atoms with van der Waals surface area (Å²) in [5, 5.41) is 3.72. The monoisotopic (exact) mass is 443 g/mol. The standard InChI is InChI=1S/C26H33N7/c1-21-19-28-26(33-17-15-32(16-18-33)24-9-5-6-12-27-24)30-25(21)29-23-10-13-31(14-11-23)20-22-7-3-2-4-8-22/h2-9,12,19,23H,10-11,13-18,20H2,1H3,(H,28,29,30). The van der Waals surface area contributed by atoms with E-state index in [1.54, 1.807) is 0 Å². The Morgan fingerprint density at radius 2 is 1.58 bits per heavy atom. The number of rotatable bonds is 6. The summed E-state index contributed by atoms with van der Waals surface area (Å²) in [6, 6.07) is 17.3. The van der Waals surface area contributed by atoms with E-state index in [9.17, 15) is 0 Å². The average molecular weight is 444 g/mol. The molecule has 2 saturated heterocycles. The van der Waals surface area contributed by atoms with Crippen LogP contribution in [0.4, 0.5) is 17.6 Å². The lowest BCUT2D eigenvalue weighted by Gasteiger charge is -2.36. The third-order valence-electron chi connectivity index (χ3n) is 6.67. The van der Waals surface area contributed by atoms with Crippen LogP contribution in [0.25, 0.3) is 0 Å². The Morgan fingerprint density at radius 1 is 0.848 bits per heavy atom. The molecule has 1 aromatic carbocycles. The van der Waals surface area contributed by atoms with Crippen molar-refractivity contribution >= 4 is 17.6 Å². The highest BCUT2D eigenvalue weighted by molar-refractivity contribution is 5.49. The smallest absolute Gasteiger partial charge is 0.227 e. The van der Waals surface area contributed by atoms with Gasteiger partial charge < -0.3 is 15.1 Å². The number of hydrogen-bond donors (Lipinski definition) is 1. The molecule has 7 nitrogen and oxygen atoms in total. The minimum atomic E-state index is 0.458. The van der Waals surface area contributed by atoms with Crippen molar-refractivity contribution < 1.29 is 0 Å². The lowest BCUT2D eigenvalue weighted by atomic mass is 10.0. The lowest BCUT2D eigenvalue weighted by molar-refractivity contribution is 0.211. The van der Waals surface area contributed by atoms with E-state index in [-0.39, 0.29) is 0 Å². The van der Waals surface area contributed by atoms with Crippen LogP contribution in [0.15, 0.2) is 60.9 Å². The van der Waals surface area contributed by atoms with Crippen LogP contribution in [-0.2, 0) is 6.54 Å². The lowest BCUT2D eigenvalue weighted by Crippen LogP contribution is -2.47. The number of piperidine rings is 1. The van der Waals surface area contributed by atoms with Gasteiger partial charge in [-0.05, 0) is 37.5 Å². The number of nitrogens with one attached hydrogen (secondary N) is 1. The molecule has 0 atom stereocenters. The zero-order valence-corrected chi connectivity index (χ0v) is 19.4. The van der Waals surface area contributed by atoms with Crippen molar-refractivity contribution in [3.63, 3.8) is 0 Å². The number of nitrogens with zero attached hydrogens (tertiary/aromatic N) is 6. The van der Waals surface area contributed by atoms with Gasteiger partial charge in [0.25, 0.3) is 0 Å². The number of benzene rings is 1. The largest absolute Gasteiger partial charge is 0.367 e. The molecule has 0 spiro atoms. The molecule has 0 aliphatic carbocycles. The van der Waals surface area contributed by atoms with Gasteiger partial charge in [-0.15, -0.1) is 0 Å². The van der Waals surface area contributed by atoms with Crippen molar-refractivity contribution in [3.8, 4) is 0 Å². The van der Waals surface area contributed by atoms with Gasteiger partial charge in [0.15, 0.2) is 0 Å². The highest BCUT2D eigenvalue weighted by atomic mass is 15.3. The van der Waals surface area contributed by atoms with E-state index >= 15 is 0 Å². The van der Waals surface area contributed by atoms with Gasteiger partial charge in [0.1, 0.15) is 11.6 Å². The van der Waals surface area contributed by atoms with E-state index in [0.717, 1.165) is 81.8 Å². The second kappa shape index (κ2) is 10.2. The van der Waals surface area contributed by atoms with Gasteiger partial charge in [0.2, 0.25) is 5.95 Å². The van der Waals surface area contributed by atoms with E-state index < -0.39 is 0 Å². The quantitative estimate of drug-likeness (QED) is 0.625. The van der Waals surface area contributed by atoms with Gasteiger partial charge in [-0.2, -0.15) is 4.98 Å². The van der Waals surface area contributed by atoms with E-state index in [1.807, 2.05) is 24.5 Å². The molecule has 2 fully saturated rings. The van der Waals surface area contributed by atoms with Gasteiger partial charge in [-0.3, -0.25) is 4.90 Å². The minimum Gasteiger partial charge on any atom is -0.367 e.